The summed E-state index contributed by atoms with van der Waals surface area (Å²) in [6, 6.07) is 7.60. The van der Waals surface area contributed by atoms with Crippen LogP contribution in [0.15, 0.2) is 33.5 Å². The molecule has 1 N–H and O–H groups in total. The topological polar surface area (TPSA) is 55.0 Å². The number of aromatic nitrogens is 2. The Morgan fingerprint density at radius 2 is 2.06 bits per heavy atom. The zero-order chi connectivity index (χ0) is 13.1. The first kappa shape index (κ1) is 13.7. The lowest BCUT2D eigenvalue weighted by molar-refractivity contribution is 0.180. The molecule has 0 aliphatic heterocycles. The molecule has 0 saturated carbocycles. The molecule has 4 nitrogen and oxygen atoms in total. The maximum absolute atomic E-state index is 11.8. The van der Waals surface area contributed by atoms with E-state index in [2.05, 4.69) is 25.9 Å². The molecule has 0 unspecified atom stereocenters. The number of nitrogens with one attached hydrogen (secondary N) is 1. The molecule has 0 saturated heterocycles. The van der Waals surface area contributed by atoms with Crippen molar-refractivity contribution in [1.29, 1.82) is 0 Å². The molecule has 0 aliphatic rings. The van der Waals surface area contributed by atoms with Gasteiger partial charge in [0.1, 0.15) is 9.39 Å². The smallest absolute Gasteiger partial charge is 0.264 e. The summed E-state index contributed by atoms with van der Waals surface area (Å²) in [5, 5.41) is 0. The monoisotopic (exact) mass is 420 g/mol. The van der Waals surface area contributed by atoms with Crippen LogP contribution in [0.3, 0.4) is 0 Å². The van der Waals surface area contributed by atoms with Crippen LogP contribution in [-0.4, -0.2) is 17.1 Å². The highest BCUT2D eigenvalue weighted by molar-refractivity contribution is 14.1. The van der Waals surface area contributed by atoms with Crippen LogP contribution in [0.1, 0.15) is 5.69 Å². The molecule has 0 radical (unpaired) electrons. The molecule has 0 fully saturated rings. The largest absolute Gasteiger partial charge is 0.378 e. The van der Waals surface area contributed by atoms with Gasteiger partial charge >= 0.3 is 0 Å². The summed E-state index contributed by atoms with van der Waals surface area (Å²) in [7, 11) is 1.58. The van der Waals surface area contributed by atoms with Crippen molar-refractivity contribution >= 4 is 38.5 Å². The summed E-state index contributed by atoms with van der Waals surface area (Å²) < 4.78 is 6.59. The Labute approximate surface area is 126 Å². The molecule has 2 rings (SSSR count). The zero-order valence-corrected chi connectivity index (χ0v) is 13.3. The van der Waals surface area contributed by atoms with Crippen LogP contribution in [0, 0.1) is 3.57 Å². The normalized spacial score (nSPS) is 10.6. The molecule has 2 aromatic rings. The number of halogens is 2. The number of methoxy groups -OCH3 is 1. The third kappa shape index (κ3) is 2.99. The minimum absolute atomic E-state index is 0.143. The van der Waals surface area contributed by atoms with Gasteiger partial charge in [0.05, 0.1) is 12.3 Å². The first-order valence-corrected chi connectivity index (χ1v) is 7.02. The molecule has 1 aromatic heterocycles. The van der Waals surface area contributed by atoms with Gasteiger partial charge in [-0.2, -0.15) is 0 Å². The number of hydrogen-bond donors (Lipinski definition) is 1. The van der Waals surface area contributed by atoms with E-state index in [0.717, 1.165) is 10.0 Å². The second-order valence-corrected chi connectivity index (χ2v) is 5.61. The van der Waals surface area contributed by atoms with Gasteiger partial charge in [-0.3, -0.25) is 4.79 Å². The molecular weight excluding hydrogens is 411 g/mol. The van der Waals surface area contributed by atoms with Crippen molar-refractivity contribution in [3.8, 4) is 11.4 Å². The quantitative estimate of drug-likeness (QED) is 0.776. The van der Waals surface area contributed by atoms with E-state index in [1.807, 2.05) is 46.9 Å². The van der Waals surface area contributed by atoms with E-state index in [0.29, 0.717) is 21.7 Å². The van der Waals surface area contributed by atoms with Gasteiger partial charge in [0.15, 0.2) is 0 Å². The second kappa shape index (κ2) is 5.94. The SMILES string of the molecule is COCc1nc(-c2ccc(Br)cc2)[nH]c(=O)c1I. The summed E-state index contributed by atoms with van der Waals surface area (Å²) in [4.78, 5) is 19.0. The third-order valence-electron chi connectivity index (χ3n) is 2.33. The van der Waals surface area contributed by atoms with Crippen LogP contribution in [0.4, 0.5) is 0 Å². The summed E-state index contributed by atoms with van der Waals surface area (Å²) in [6.07, 6.45) is 0. The third-order valence-corrected chi connectivity index (χ3v) is 3.97. The maximum Gasteiger partial charge on any atom is 0.264 e. The molecule has 0 aliphatic carbocycles. The van der Waals surface area contributed by atoms with E-state index in [-0.39, 0.29) is 5.56 Å². The van der Waals surface area contributed by atoms with Crippen molar-refractivity contribution < 1.29 is 4.74 Å². The van der Waals surface area contributed by atoms with E-state index in [1.165, 1.54) is 0 Å². The van der Waals surface area contributed by atoms with Crippen molar-refractivity contribution in [1.82, 2.24) is 9.97 Å². The lowest BCUT2D eigenvalue weighted by atomic mass is 10.2. The fourth-order valence-electron chi connectivity index (χ4n) is 1.48. The molecule has 1 aromatic carbocycles. The number of rotatable bonds is 3. The molecule has 6 heteroatoms. The maximum atomic E-state index is 11.8. The molecule has 18 heavy (non-hydrogen) atoms. The molecular formula is C12H10BrIN2O2. The Morgan fingerprint density at radius 3 is 2.67 bits per heavy atom. The van der Waals surface area contributed by atoms with Crippen molar-refractivity contribution in [3.63, 3.8) is 0 Å². The van der Waals surface area contributed by atoms with Crippen molar-refractivity contribution in [2.45, 2.75) is 6.61 Å². The van der Waals surface area contributed by atoms with Crippen LogP contribution in [-0.2, 0) is 11.3 Å². The van der Waals surface area contributed by atoms with Gasteiger partial charge in [-0.05, 0) is 34.7 Å². The van der Waals surface area contributed by atoms with Crippen LogP contribution in [0.2, 0.25) is 0 Å². The minimum Gasteiger partial charge on any atom is -0.378 e. The number of nitrogens with zero attached hydrogens (tertiary/aromatic N) is 1. The van der Waals surface area contributed by atoms with E-state index < -0.39 is 0 Å². The first-order chi connectivity index (χ1) is 8.61. The molecule has 94 valence electrons. The van der Waals surface area contributed by atoms with Gasteiger partial charge in [-0.15, -0.1) is 0 Å². The van der Waals surface area contributed by atoms with Gasteiger partial charge in [-0.25, -0.2) is 4.98 Å². The van der Waals surface area contributed by atoms with Crippen LogP contribution in [0.5, 0.6) is 0 Å². The Morgan fingerprint density at radius 1 is 1.39 bits per heavy atom. The summed E-state index contributed by atoms with van der Waals surface area (Å²) in [6.45, 7) is 0.325. The number of H-pyrrole nitrogens is 1. The summed E-state index contributed by atoms with van der Waals surface area (Å²) in [5.74, 6) is 0.556. The van der Waals surface area contributed by atoms with Crippen molar-refractivity contribution in [3.05, 3.63) is 48.4 Å². The average molecular weight is 421 g/mol. The Balaban J connectivity index is 2.51. The lowest BCUT2D eigenvalue weighted by Crippen LogP contribution is -2.16. The van der Waals surface area contributed by atoms with Gasteiger partial charge in [0.25, 0.3) is 5.56 Å². The lowest BCUT2D eigenvalue weighted by Gasteiger charge is -2.06. The fourth-order valence-corrected chi connectivity index (χ4v) is 2.16. The van der Waals surface area contributed by atoms with E-state index >= 15 is 0 Å². The highest BCUT2D eigenvalue weighted by Gasteiger charge is 2.09. The Kier molecular flexibility index (Phi) is 4.52. The molecule has 0 amide bonds. The predicted octanol–water partition coefficient (Wildman–Crippen LogP) is 2.95. The number of ether oxygens (including phenoxy) is 1. The fraction of sp³-hybridized carbons (Fsp3) is 0.167. The van der Waals surface area contributed by atoms with Crippen LogP contribution < -0.4 is 5.56 Å². The van der Waals surface area contributed by atoms with Crippen molar-refractivity contribution in [2.24, 2.45) is 0 Å². The van der Waals surface area contributed by atoms with Crippen LogP contribution >= 0.6 is 38.5 Å². The zero-order valence-electron chi connectivity index (χ0n) is 9.54. The van der Waals surface area contributed by atoms with E-state index in [1.54, 1.807) is 7.11 Å². The summed E-state index contributed by atoms with van der Waals surface area (Å²) in [5.41, 5.74) is 1.37. The minimum atomic E-state index is -0.143. The molecule has 1 heterocycles. The summed E-state index contributed by atoms with van der Waals surface area (Å²) >= 11 is 5.35. The van der Waals surface area contributed by atoms with E-state index in [4.69, 9.17) is 4.74 Å². The number of benzene rings is 1. The number of hydrogen-bond acceptors (Lipinski definition) is 3. The van der Waals surface area contributed by atoms with E-state index in [9.17, 15) is 4.79 Å². The van der Waals surface area contributed by atoms with Gasteiger partial charge in [0, 0.05) is 17.1 Å². The molecule has 0 bridgehead atoms. The standard InChI is InChI=1S/C12H10BrIN2O2/c1-18-6-9-10(14)12(17)16-11(15-9)7-2-4-8(13)5-3-7/h2-5H,6H2,1H3,(H,15,16,17). The van der Waals surface area contributed by atoms with Crippen molar-refractivity contribution in [2.75, 3.05) is 7.11 Å². The highest BCUT2D eigenvalue weighted by atomic mass is 127. The molecule has 0 spiro atoms. The number of aromatic amines is 1. The Hall–Kier alpha value is -0.730. The van der Waals surface area contributed by atoms with Gasteiger partial charge in [-0.1, -0.05) is 28.1 Å². The average Bonchev–Trinajstić information content (AvgIpc) is 2.36. The first-order valence-electron chi connectivity index (χ1n) is 5.15. The van der Waals surface area contributed by atoms with Gasteiger partial charge in [0.2, 0.25) is 0 Å². The Bertz CT molecular complexity index is 610. The highest BCUT2D eigenvalue weighted by Crippen LogP contribution is 2.18. The predicted molar refractivity (Wildman–Crippen MR) is 81.4 cm³/mol. The molecule has 0 atom stereocenters. The van der Waals surface area contributed by atoms with Gasteiger partial charge < -0.3 is 9.72 Å². The van der Waals surface area contributed by atoms with Crippen LogP contribution in [0.25, 0.3) is 11.4 Å². The second-order valence-electron chi connectivity index (χ2n) is 3.62.